The summed E-state index contributed by atoms with van der Waals surface area (Å²) in [6.45, 7) is 9.12. The largest absolute Gasteiger partial charge is 1.00 e. The Kier molecular flexibility index (Phi) is 10.5. The molecule has 1 heterocycles. The molecule has 1 saturated heterocycles. The van der Waals surface area contributed by atoms with E-state index in [9.17, 15) is 0 Å². The molecule has 3 nitrogen and oxygen atoms in total. The number of ether oxygens (including phenoxy) is 1. The van der Waals surface area contributed by atoms with Crippen molar-refractivity contribution in [3.8, 4) is 5.75 Å². The topological polar surface area (TPSA) is 35.2 Å². The SMILES string of the molecule is Br.C=CC[N+]1(CCOc2c(Br)cc(N)cc2Br)CCCC1.[Br-]. The van der Waals surface area contributed by atoms with Gasteiger partial charge in [0.25, 0.3) is 0 Å². The molecule has 2 rings (SSSR count). The van der Waals surface area contributed by atoms with Gasteiger partial charge < -0.3 is 31.9 Å². The normalized spacial score (nSPS) is 15.5. The van der Waals surface area contributed by atoms with Crippen LogP contribution in [-0.2, 0) is 0 Å². The van der Waals surface area contributed by atoms with E-state index in [4.69, 9.17) is 10.5 Å². The van der Waals surface area contributed by atoms with Crippen LogP contribution in [0.3, 0.4) is 0 Å². The van der Waals surface area contributed by atoms with Crippen LogP contribution in [0.5, 0.6) is 5.75 Å². The predicted molar refractivity (Wildman–Crippen MR) is 101 cm³/mol. The first-order valence-electron chi connectivity index (χ1n) is 6.90. The maximum Gasteiger partial charge on any atom is 0.148 e. The van der Waals surface area contributed by atoms with Crippen molar-refractivity contribution in [1.29, 1.82) is 0 Å². The fourth-order valence-electron chi connectivity index (χ4n) is 2.84. The number of nitrogens with zero attached hydrogens (tertiary/aromatic N) is 1. The zero-order chi connectivity index (χ0) is 14.6. The molecule has 1 aromatic rings. The van der Waals surface area contributed by atoms with Crippen molar-refractivity contribution in [2.24, 2.45) is 0 Å². The minimum absolute atomic E-state index is 0. The molecule has 0 aliphatic carbocycles. The van der Waals surface area contributed by atoms with Gasteiger partial charge in [-0.15, -0.1) is 17.0 Å². The third-order valence-corrected chi connectivity index (χ3v) is 5.04. The number of quaternary nitrogens is 1. The van der Waals surface area contributed by atoms with Gasteiger partial charge in [-0.1, -0.05) is 6.58 Å². The van der Waals surface area contributed by atoms with Crippen molar-refractivity contribution in [2.75, 3.05) is 38.5 Å². The highest BCUT2D eigenvalue weighted by atomic mass is 79.9. The summed E-state index contributed by atoms with van der Waals surface area (Å²) in [6, 6.07) is 3.73. The number of nitrogen functional groups attached to an aromatic ring is 1. The molecule has 1 aromatic carbocycles. The Morgan fingerprint density at radius 2 is 1.77 bits per heavy atom. The van der Waals surface area contributed by atoms with Gasteiger partial charge in [0.05, 0.1) is 28.6 Å². The van der Waals surface area contributed by atoms with E-state index in [0.29, 0.717) is 12.3 Å². The first kappa shape index (κ1) is 22.4. The summed E-state index contributed by atoms with van der Waals surface area (Å²) in [7, 11) is 0. The number of anilines is 1. The Bertz CT molecular complexity index is 467. The third kappa shape index (κ3) is 5.82. The van der Waals surface area contributed by atoms with Crippen molar-refractivity contribution in [1.82, 2.24) is 0 Å². The van der Waals surface area contributed by atoms with Crippen molar-refractivity contribution in [3.05, 3.63) is 33.7 Å². The summed E-state index contributed by atoms with van der Waals surface area (Å²) in [4.78, 5) is 0. The number of halogens is 4. The van der Waals surface area contributed by atoms with Gasteiger partial charge in [-0.05, 0) is 50.1 Å². The molecule has 22 heavy (non-hydrogen) atoms. The van der Waals surface area contributed by atoms with Crippen molar-refractivity contribution < 1.29 is 26.2 Å². The molecule has 7 heteroatoms. The van der Waals surface area contributed by atoms with Crippen LogP contribution in [0.4, 0.5) is 5.69 Å². The second-order valence-corrected chi connectivity index (χ2v) is 7.06. The molecule has 0 unspecified atom stereocenters. The van der Waals surface area contributed by atoms with Crippen molar-refractivity contribution >= 4 is 54.5 Å². The van der Waals surface area contributed by atoms with E-state index < -0.39 is 0 Å². The second kappa shape index (κ2) is 10.3. The zero-order valence-corrected chi connectivity index (χ0v) is 18.8. The highest BCUT2D eigenvalue weighted by Gasteiger charge is 2.30. The van der Waals surface area contributed by atoms with Crippen LogP contribution in [0.25, 0.3) is 0 Å². The molecular weight excluding hydrogens is 544 g/mol. The summed E-state index contributed by atoms with van der Waals surface area (Å²) in [5.41, 5.74) is 6.50. The van der Waals surface area contributed by atoms with Crippen LogP contribution in [-0.4, -0.2) is 37.3 Å². The molecule has 1 aliphatic rings. The lowest BCUT2D eigenvalue weighted by molar-refractivity contribution is -0.911. The maximum absolute atomic E-state index is 5.96. The van der Waals surface area contributed by atoms with Crippen LogP contribution in [0.15, 0.2) is 33.7 Å². The summed E-state index contributed by atoms with van der Waals surface area (Å²) in [5.74, 6) is 0.829. The van der Waals surface area contributed by atoms with E-state index in [-0.39, 0.29) is 34.0 Å². The molecule has 0 atom stereocenters. The minimum Gasteiger partial charge on any atom is -1.00 e. The summed E-state index contributed by atoms with van der Waals surface area (Å²) in [6.07, 6.45) is 4.65. The van der Waals surface area contributed by atoms with Gasteiger partial charge in [-0.3, -0.25) is 0 Å². The quantitative estimate of drug-likeness (QED) is 0.323. The molecule has 0 amide bonds. The summed E-state index contributed by atoms with van der Waals surface area (Å²) in [5, 5.41) is 0. The van der Waals surface area contributed by atoms with Gasteiger partial charge in [-0.2, -0.15) is 0 Å². The Labute approximate surface area is 170 Å². The maximum atomic E-state index is 5.96. The second-order valence-electron chi connectivity index (χ2n) is 5.35. The molecule has 0 saturated carbocycles. The summed E-state index contributed by atoms with van der Waals surface area (Å²) >= 11 is 7.00. The summed E-state index contributed by atoms with van der Waals surface area (Å²) < 4.78 is 8.84. The van der Waals surface area contributed by atoms with E-state index in [1.165, 1.54) is 25.9 Å². The monoisotopic (exact) mass is 562 g/mol. The van der Waals surface area contributed by atoms with E-state index in [0.717, 1.165) is 32.3 Å². The van der Waals surface area contributed by atoms with Crippen LogP contribution in [0, 0.1) is 0 Å². The molecule has 0 bridgehead atoms. The zero-order valence-electron chi connectivity index (χ0n) is 12.4. The van der Waals surface area contributed by atoms with Gasteiger partial charge in [0.15, 0.2) is 0 Å². The van der Waals surface area contributed by atoms with Gasteiger partial charge in [0.1, 0.15) is 18.9 Å². The van der Waals surface area contributed by atoms with Crippen molar-refractivity contribution in [2.45, 2.75) is 12.8 Å². The molecule has 1 fully saturated rings. The predicted octanol–water partition coefficient (Wildman–Crippen LogP) is 1.55. The fourth-order valence-corrected chi connectivity index (χ4v) is 4.29. The van der Waals surface area contributed by atoms with Crippen LogP contribution in [0.2, 0.25) is 0 Å². The molecular formula is C15H22Br4N2O. The Hall–Kier alpha value is 0.440. The van der Waals surface area contributed by atoms with E-state index in [1.54, 1.807) is 0 Å². The molecule has 0 radical (unpaired) electrons. The smallest absolute Gasteiger partial charge is 0.148 e. The van der Waals surface area contributed by atoms with Crippen LogP contribution < -0.4 is 27.5 Å². The lowest BCUT2D eigenvalue weighted by Crippen LogP contribution is -3.00. The van der Waals surface area contributed by atoms with E-state index >= 15 is 0 Å². The lowest BCUT2D eigenvalue weighted by Gasteiger charge is -2.33. The average Bonchev–Trinajstić information content (AvgIpc) is 2.82. The first-order chi connectivity index (χ1) is 9.56. The number of hydrogen-bond donors (Lipinski definition) is 1. The van der Waals surface area contributed by atoms with Gasteiger partial charge in [0, 0.05) is 18.5 Å². The average molecular weight is 566 g/mol. The van der Waals surface area contributed by atoms with Gasteiger partial charge in [-0.25, -0.2) is 0 Å². The van der Waals surface area contributed by atoms with E-state index in [1.807, 2.05) is 18.2 Å². The molecule has 0 spiro atoms. The van der Waals surface area contributed by atoms with Gasteiger partial charge in [0.2, 0.25) is 0 Å². The molecule has 126 valence electrons. The Balaban J connectivity index is 0.00000220. The van der Waals surface area contributed by atoms with Crippen LogP contribution in [0.1, 0.15) is 12.8 Å². The first-order valence-corrected chi connectivity index (χ1v) is 8.48. The highest BCUT2D eigenvalue weighted by molar-refractivity contribution is 9.11. The number of likely N-dealkylation sites (tertiary alicyclic amines) is 1. The fraction of sp³-hybridized carbons (Fsp3) is 0.467. The Morgan fingerprint density at radius 1 is 1.23 bits per heavy atom. The van der Waals surface area contributed by atoms with Gasteiger partial charge >= 0.3 is 0 Å². The van der Waals surface area contributed by atoms with Crippen LogP contribution >= 0.6 is 48.8 Å². The number of benzene rings is 1. The highest BCUT2D eigenvalue weighted by Crippen LogP contribution is 2.35. The lowest BCUT2D eigenvalue weighted by atomic mass is 10.3. The molecule has 2 N–H and O–H groups in total. The number of hydrogen-bond acceptors (Lipinski definition) is 2. The minimum atomic E-state index is 0. The Morgan fingerprint density at radius 3 is 2.27 bits per heavy atom. The molecule has 0 aromatic heterocycles. The van der Waals surface area contributed by atoms with Crippen molar-refractivity contribution in [3.63, 3.8) is 0 Å². The standard InChI is InChI=1S/C15H21Br2N2O.2BrH/c1-2-5-19(6-3-4-7-19)8-9-20-15-13(16)10-12(18)11-14(15)17;;/h2,10-11H,1,3-9,18H2;2*1H/q+1;;/p-1. The molecule has 1 aliphatic heterocycles. The number of nitrogens with two attached hydrogens (primary N) is 1. The number of rotatable bonds is 6. The van der Waals surface area contributed by atoms with E-state index in [2.05, 4.69) is 38.4 Å². The third-order valence-electron chi connectivity index (χ3n) is 3.86.